The third kappa shape index (κ3) is 2.88. The number of nitrogen functional groups attached to an aromatic ring is 1. The lowest BCUT2D eigenvalue weighted by Gasteiger charge is -2.56. The third-order valence-electron chi connectivity index (χ3n) is 5.65. The molecule has 2 heterocycles. The topological polar surface area (TPSA) is 127 Å². The van der Waals surface area contributed by atoms with Gasteiger partial charge in [-0.05, 0) is 31.6 Å². The van der Waals surface area contributed by atoms with E-state index in [1.165, 1.54) is 10.8 Å². The molecule has 3 atom stereocenters. The highest BCUT2D eigenvalue weighted by atomic mass is 16.4. The zero-order chi connectivity index (χ0) is 19.3. The molecule has 0 amide bonds. The first-order chi connectivity index (χ1) is 12.0. The number of anilines is 1. The van der Waals surface area contributed by atoms with Crippen LogP contribution in [0.4, 0.5) is 5.82 Å². The van der Waals surface area contributed by atoms with Crippen LogP contribution in [-0.4, -0.2) is 41.4 Å². The Hall–Kier alpha value is -2.66. The number of fused-ring (bicyclic) bond motifs is 1. The predicted molar refractivity (Wildman–Crippen MR) is 95.1 cm³/mol. The highest BCUT2D eigenvalue weighted by molar-refractivity contribution is 5.67. The van der Waals surface area contributed by atoms with Gasteiger partial charge < -0.3 is 15.9 Å². The summed E-state index contributed by atoms with van der Waals surface area (Å²) < 4.78 is 1.40. The van der Waals surface area contributed by atoms with Crippen LogP contribution in [0.5, 0.6) is 0 Å². The minimum absolute atomic E-state index is 0.0262. The van der Waals surface area contributed by atoms with Gasteiger partial charge >= 0.3 is 5.97 Å². The fraction of sp³-hybridized carbons (Fsp3) is 0.556. The molecule has 3 rings (SSSR count). The van der Waals surface area contributed by atoms with Crippen LogP contribution in [0.2, 0.25) is 0 Å². The van der Waals surface area contributed by atoms with E-state index in [1.807, 2.05) is 13.8 Å². The highest BCUT2D eigenvalue weighted by Crippen LogP contribution is 2.56. The van der Waals surface area contributed by atoms with E-state index >= 15 is 0 Å². The predicted octanol–water partition coefficient (Wildman–Crippen LogP) is 1.25. The molecule has 0 aromatic carbocycles. The van der Waals surface area contributed by atoms with E-state index in [2.05, 4.69) is 26.9 Å². The van der Waals surface area contributed by atoms with Gasteiger partial charge in [-0.15, -0.1) is 0 Å². The summed E-state index contributed by atoms with van der Waals surface area (Å²) in [6.45, 7) is 7.40. The van der Waals surface area contributed by atoms with E-state index in [-0.39, 0.29) is 23.7 Å². The third-order valence-corrected chi connectivity index (χ3v) is 5.65. The van der Waals surface area contributed by atoms with Gasteiger partial charge in [0.15, 0.2) is 0 Å². The second-order valence-electron chi connectivity index (χ2n) is 7.73. The Morgan fingerprint density at radius 2 is 2.23 bits per heavy atom. The Morgan fingerprint density at radius 1 is 1.54 bits per heavy atom. The van der Waals surface area contributed by atoms with E-state index in [0.717, 1.165) is 0 Å². The van der Waals surface area contributed by atoms with Crippen molar-refractivity contribution in [2.45, 2.75) is 46.1 Å². The first-order valence-corrected chi connectivity index (χ1v) is 8.47. The van der Waals surface area contributed by atoms with Gasteiger partial charge in [0.25, 0.3) is 5.78 Å². The number of aliphatic carboxylic acids is 1. The minimum Gasteiger partial charge on any atom is -0.481 e. The van der Waals surface area contributed by atoms with Gasteiger partial charge in [-0.2, -0.15) is 14.6 Å². The molecule has 1 aliphatic rings. The number of aliphatic hydroxyl groups is 1. The van der Waals surface area contributed by atoms with Crippen molar-refractivity contribution >= 4 is 17.6 Å². The Bertz CT molecular complexity index is 935. The number of hydrogen-bond donors (Lipinski definition) is 3. The summed E-state index contributed by atoms with van der Waals surface area (Å²) in [5.74, 6) is 5.68. The Morgan fingerprint density at radius 3 is 2.85 bits per heavy atom. The molecule has 8 heteroatoms. The molecule has 4 N–H and O–H groups in total. The molecule has 0 saturated heterocycles. The second kappa shape index (κ2) is 5.95. The van der Waals surface area contributed by atoms with Crippen LogP contribution < -0.4 is 5.73 Å². The number of aryl methyl sites for hydroxylation is 1. The zero-order valence-corrected chi connectivity index (χ0v) is 15.3. The first-order valence-electron chi connectivity index (χ1n) is 8.47. The quantitative estimate of drug-likeness (QED) is 0.706. The standard InChI is InChI=1S/C18H23N5O3/c1-10-12(15(19)23-16(22-10)20-9-21-23)5-6-18(4,26)13-7-11(8-14(24)25)17(13,2)3/h9,11,13,26H,7-8,19H2,1-4H3,(H,24,25). The summed E-state index contributed by atoms with van der Waals surface area (Å²) in [5, 5.41) is 24.0. The molecule has 1 saturated carbocycles. The van der Waals surface area contributed by atoms with Crippen LogP contribution in [0.25, 0.3) is 5.78 Å². The van der Waals surface area contributed by atoms with E-state index in [9.17, 15) is 9.90 Å². The Labute approximate surface area is 151 Å². The second-order valence-corrected chi connectivity index (χ2v) is 7.73. The average molecular weight is 357 g/mol. The monoisotopic (exact) mass is 357 g/mol. The lowest BCUT2D eigenvalue weighted by atomic mass is 9.49. The van der Waals surface area contributed by atoms with E-state index in [1.54, 1.807) is 13.8 Å². The molecule has 3 unspecified atom stereocenters. The van der Waals surface area contributed by atoms with Crippen molar-refractivity contribution in [1.82, 2.24) is 19.6 Å². The highest BCUT2D eigenvalue weighted by Gasteiger charge is 2.55. The number of hydrogen-bond acceptors (Lipinski definition) is 6. The van der Waals surface area contributed by atoms with Crippen molar-refractivity contribution in [2.24, 2.45) is 17.3 Å². The SMILES string of the molecule is Cc1nc2ncnn2c(N)c1C#CC(C)(O)C1CC(CC(=O)O)C1(C)C. The zero-order valence-electron chi connectivity index (χ0n) is 15.3. The maximum atomic E-state index is 11.0. The van der Waals surface area contributed by atoms with Gasteiger partial charge in [0, 0.05) is 12.3 Å². The Balaban J connectivity index is 1.89. The number of nitrogens with zero attached hydrogens (tertiary/aromatic N) is 4. The molecule has 138 valence electrons. The van der Waals surface area contributed by atoms with Crippen LogP contribution in [-0.2, 0) is 4.79 Å². The largest absolute Gasteiger partial charge is 0.481 e. The van der Waals surface area contributed by atoms with Crippen molar-refractivity contribution in [2.75, 3.05) is 5.73 Å². The number of carboxylic acid groups (broad SMARTS) is 1. The summed E-state index contributed by atoms with van der Waals surface area (Å²) in [4.78, 5) is 19.3. The fourth-order valence-electron chi connectivity index (χ4n) is 3.94. The number of rotatable bonds is 3. The lowest BCUT2D eigenvalue weighted by molar-refractivity contribution is -0.152. The van der Waals surface area contributed by atoms with E-state index < -0.39 is 11.6 Å². The molecule has 2 aromatic heterocycles. The molecule has 0 aliphatic heterocycles. The van der Waals surface area contributed by atoms with Gasteiger partial charge in [-0.3, -0.25) is 4.79 Å². The number of aromatic nitrogens is 4. The fourth-order valence-corrected chi connectivity index (χ4v) is 3.94. The van der Waals surface area contributed by atoms with Crippen molar-refractivity contribution in [3.63, 3.8) is 0 Å². The summed E-state index contributed by atoms with van der Waals surface area (Å²) in [6, 6.07) is 0. The number of nitrogens with two attached hydrogens (primary N) is 1. The first kappa shape index (κ1) is 18.1. The van der Waals surface area contributed by atoms with Gasteiger partial charge in [0.2, 0.25) is 0 Å². The Kier molecular flexibility index (Phi) is 4.15. The van der Waals surface area contributed by atoms with E-state index in [4.69, 9.17) is 10.8 Å². The van der Waals surface area contributed by atoms with Crippen LogP contribution in [0.15, 0.2) is 6.33 Å². The van der Waals surface area contributed by atoms with Gasteiger partial charge in [0.05, 0.1) is 11.3 Å². The minimum atomic E-state index is -1.27. The smallest absolute Gasteiger partial charge is 0.303 e. The van der Waals surface area contributed by atoms with Gasteiger partial charge in [-0.25, -0.2) is 4.98 Å². The molecular weight excluding hydrogens is 334 g/mol. The molecule has 8 nitrogen and oxygen atoms in total. The van der Waals surface area contributed by atoms with Crippen LogP contribution in [0, 0.1) is 36.0 Å². The van der Waals surface area contributed by atoms with Crippen molar-refractivity contribution in [3.05, 3.63) is 17.6 Å². The van der Waals surface area contributed by atoms with Crippen molar-refractivity contribution in [1.29, 1.82) is 0 Å². The lowest BCUT2D eigenvalue weighted by Crippen LogP contribution is -2.55. The summed E-state index contributed by atoms with van der Waals surface area (Å²) in [6.07, 6.45) is 2.09. The van der Waals surface area contributed by atoms with Crippen LogP contribution in [0.3, 0.4) is 0 Å². The molecule has 0 spiro atoms. The number of carboxylic acids is 1. The molecule has 1 aliphatic carbocycles. The van der Waals surface area contributed by atoms with Crippen molar-refractivity contribution in [3.8, 4) is 11.8 Å². The maximum absolute atomic E-state index is 11.0. The molecule has 0 radical (unpaired) electrons. The average Bonchev–Trinajstić information content (AvgIpc) is 2.98. The summed E-state index contributed by atoms with van der Waals surface area (Å²) in [7, 11) is 0. The van der Waals surface area contributed by atoms with Crippen LogP contribution in [0.1, 0.15) is 44.9 Å². The van der Waals surface area contributed by atoms with Crippen LogP contribution >= 0.6 is 0 Å². The molecule has 26 heavy (non-hydrogen) atoms. The van der Waals surface area contributed by atoms with Gasteiger partial charge in [-0.1, -0.05) is 25.7 Å². The van der Waals surface area contributed by atoms with Crippen molar-refractivity contribution < 1.29 is 15.0 Å². The molecule has 2 aromatic rings. The number of carbonyl (C=O) groups is 1. The summed E-state index contributed by atoms with van der Waals surface area (Å²) >= 11 is 0. The van der Waals surface area contributed by atoms with Gasteiger partial charge in [0.1, 0.15) is 17.7 Å². The molecule has 0 bridgehead atoms. The maximum Gasteiger partial charge on any atom is 0.303 e. The summed E-state index contributed by atoms with van der Waals surface area (Å²) in [5.41, 5.74) is 5.65. The normalized spacial score (nSPS) is 23.6. The molecule has 1 fully saturated rings. The van der Waals surface area contributed by atoms with E-state index in [0.29, 0.717) is 29.3 Å². The molecular formula is C18H23N5O3.